The highest BCUT2D eigenvalue weighted by Gasteiger charge is 2.11. The minimum Gasteiger partial charge on any atom is -0.348 e. The Morgan fingerprint density at radius 3 is 2.54 bits per heavy atom. The fourth-order valence-corrected chi connectivity index (χ4v) is 2.65. The summed E-state index contributed by atoms with van der Waals surface area (Å²) in [5.74, 6) is 0.218. The Hall–Kier alpha value is -3.21. The lowest BCUT2D eigenvalue weighted by Gasteiger charge is -2.14. The average Bonchev–Trinajstić information content (AvgIpc) is 2.68. The molecule has 1 atom stereocenters. The van der Waals surface area contributed by atoms with Crippen molar-refractivity contribution in [3.63, 3.8) is 0 Å². The number of nitrogens with zero attached hydrogens (tertiary/aromatic N) is 2. The summed E-state index contributed by atoms with van der Waals surface area (Å²) >= 11 is 0. The van der Waals surface area contributed by atoms with Gasteiger partial charge in [0.05, 0.1) is 6.04 Å². The van der Waals surface area contributed by atoms with E-state index in [1.165, 1.54) is 0 Å². The van der Waals surface area contributed by atoms with Gasteiger partial charge in [0.15, 0.2) is 0 Å². The lowest BCUT2D eigenvalue weighted by Crippen LogP contribution is -2.24. The van der Waals surface area contributed by atoms with E-state index in [-0.39, 0.29) is 11.9 Å². The first kappa shape index (κ1) is 17.6. The molecule has 1 unspecified atom stereocenters. The van der Waals surface area contributed by atoms with Crippen LogP contribution < -0.4 is 10.6 Å². The van der Waals surface area contributed by atoms with Crippen LogP contribution in [0.2, 0.25) is 0 Å². The van der Waals surface area contributed by atoms with E-state index in [1.807, 2.05) is 68.4 Å². The maximum atomic E-state index is 12.4. The average molecular weight is 346 g/mol. The zero-order valence-corrected chi connectivity index (χ0v) is 14.9. The van der Waals surface area contributed by atoms with E-state index in [0.717, 1.165) is 16.7 Å². The molecule has 2 aromatic carbocycles. The number of carbonyl (C=O) groups is 1. The van der Waals surface area contributed by atoms with Crippen LogP contribution in [-0.2, 0) is 6.54 Å². The molecule has 0 aliphatic rings. The van der Waals surface area contributed by atoms with Gasteiger partial charge in [0.2, 0.25) is 5.95 Å². The van der Waals surface area contributed by atoms with Crippen LogP contribution in [0.15, 0.2) is 66.9 Å². The second-order valence-electron chi connectivity index (χ2n) is 6.15. The highest BCUT2D eigenvalue weighted by Crippen LogP contribution is 2.16. The van der Waals surface area contributed by atoms with Crippen LogP contribution in [0.3, 0.4) is 0 Å². The SMILES string of the molecule is Cc1ccccc1CNC(=O)c1ccnc(NC(C)c2ccccc2)n1. The predicted octanol–water partition coefficient (Wildman–Crippen LogP) is 3.89. The first-order chi connectivity index (χ1) is 12.6. The summed E-state index contributed by atoms with van der Waals surface area (Å²) in [7, 11) is 0. The van der Waals surface area contributed by atoms with Crippen LogP contribution >= 0.6 is 0 Å². The molecule has 0 saturated heterocycles. The van der Waals surface area contributed by atoms with Gasteiger partial charge in [0, 0.05) is 12.7 Å². The third kappa shape index (κ3) is 4.45. The van der Waals surface area contributed by atoms with E-state index in [4.69, 9.17) is 0 Å². The first-order valence-electron chi connectivity index (χ1n) is 8.60. The molecule has 3 aromatic rings. The highest BCUT2D eigenvalue weighted by atomic mass is 16.1. The highest BCUT2D eigenvalue weighted by molar-refractivity contribution is 5.92. The minimum atomic E-state index is -0.217. The molecule has 5 heteroatoms. The predicted molar refractivity (Wildman–Crippen MR) is 103 cm³/mol. The Labute approximate surface area is 153 Å². The lowest BCUT2D eigenvalue weighted by molar-refractivity contribution is 0.0946. The number of hydrogen-bond acceptors (Lipinski definition) is 4. The molecule has 0 bridgehead atoms. The standard InChI is InChI=1S/C21H22N4O/c1-15-8-6-7-11-18(15)14-23-20(26)19-12-13-22-21(25-19)24-16(2)17-9-4-3-5-10-17/h3-13,16H,14H2,1-2H3,(H,23,26)(H,22,24,25). The fourth-order valence-electron chi connectivity index (χ4n) is 2.65. The van der Waals surface area contributed by atoms with E-state index < -0.39 is 0 Å². The summed E-state index contributed by atoms with van der Waals surface area (Å²) in [6.45, 7) is 4.53. The molecule has 132 valence electrons. The van der Waals surface area contributed by atoms with Gasteiger partial charge < -0.3 is 10.6 Å². The fraction of sp³-hybridized carbons (Fsp3) is 0.190. The summed E-state index contributed by atoms with van der Waals surface area (Å²) in [6, 6.07) is 19.7. The molecule has 0 spiro atoms. The van der Waals surface area contributed by atoms with Crippen molar-refractivity contribution in [2.45, 2.75) is 26.4 Å². The lowest BCUT2D eigenvalue weighted by atomic mass is 10.1. The van der Waals surface area contributed by atoms with Gasteiger partial charge in [-0.25, -0.2) is 9.97 Å². The van der Waals surface area contributed by atoms with Crippen molar-refractivity contribution >= 4 is 11.9 Å². The van der Waals surface area contributed by atoms with Gasteiger partial charge in [-0.3, -0.25) is 4.79 Å². The van der Waals surface area contributed by atoms with Crippen LogP contribution in [0.4, 0.5) is 5.95 Å². The number of aromatic nitrogens is 2. The maximum Gasteiger partial charge on any atom is 0.270 e. The molecule has 0 aliphatic carbocycles. The van der Waals surface area contributed by atoms with Crippen LogP contribution in [0, 0.1) is 6.92 Å². The van der Waals surface area contributed by atoms with Crippen molar-refractivity contribution in [2.24, 2.45) is 0 Å². The third-order valence-electron chi connectivity index (χ3n) is 4.23. The molecule has 3 rings (SSSR count). The second kappa shape index (κ2) is 8.25. The molecule has 0 radical (unpaired) electrons. The van der Waals surface area contributed by atoms with Crippen molar-refractivity contribution in [3.05, 3.63) is 89.2 Å². The maximum absolute atomic E-state index is 12.4. The number of aryl methyl sites for hydroxylation is 1. The van der Waals surface area contributed by atoms with E-state index in [0.29, 0.717) is 18.2 Å². The van der Waals surface area contributed by atoms with Crippen molar-refractivity contribution < 1.29 is 4.79 Å². The summed E-state index contributed by atoms with van der Waals surface area (Å²) < 4.78 is 0. The number of carbonyl (C=O) groups excluding carboxylic acids is 1. The van der Waals surface area contributed by atoms with Crippen LogP contribution in [0.1, 0.15) is 40.1 Å². The molecule has 1 heterocycles. The topological polar surface area (TPSA) is 66.9 Å². The Morgan fingerprint density at radius 2 is 1.77 bits per heavy atom. The van der Waals surface area contributed by atoms with Crippen LogP contribution in [0.5, 0.6) is 0 Å². The van der Waals surface area contributed by atoms with E-state index >= 15 is 0 Å². The van der Waals surface area contributed by atoms with E-state index in [2.05, 4.69) is 20.6 Å². The van der Waals surface area contributed by atoms with Crippen LogP contribution in [-0.4, -0.2) is 15.9 Å². The number of anilines is 1. The van der Waals surface area contributed by atoms with Gasteiger partial charge >= 0.3 is 0 Å². The molecule has 0 saturated carbocycles. The number of amides is 1. The molecule has 1 amide bonds. The van der Waals surface area contributed by atoms with Gasteiger partial charge in [-0.05, 0) is 36.6 Å². The number of rotatable bonds is 6. The summed E-state index contributed by atoms with van der Waals surface area (Å²) in [6.07, 6.45) is 1.59. The largest absolute Gasteiger partial charge is 0.348 e. The number of hydrogen-bond donors (Lipinski definition) is 2. The first-order valence-corrected chi connectivity index (χ1v) is 8.60. The third-order valence-corrected chi connectivity index (χ3v) is 4.23. The summed E-state index contributed by atoms with van der Waals surface area (Å²) in [4.78, 5) is 21.0. The minimum absolute atomic E-state index is 0.0430. The Kier molecular flexibility index (Phi) is 5.59. The van der Waals surface area contributed by atoms with Gasteiger partial charge in [-0.15, -0.1) is 0 Å². The van der Waals surface area contributed by atoms with Crippen molar-refractivity contribution in [1.29, 1.82) is 0 Å². The summed E-state index contributed by atoms with van der Waals surface area (Å²) in [5.41, 5.74) is 3.71. The van der Waals surface area contributed by atoms with E-state index in [1.54, 1.807) is 12.3 Å². The number of benzene rings is 2. The quantitative estimate of drug-likeness (QED) is 0.711. The molecule has 5 nitrogen and oxygen atoms in total. The molecule has 26 heavy (non-hydrogen) atoms. The molecule has 0 fully saturated rings. The van der Waals surface area contributed by atoms with Crippen molar-refractivity contribution in [1.82, 2.24) is 15.3 Å². The van der Waals surface area contributed by atoms with E-state index in [9.17, 15) is 4.79 Å². The Balaban J connectivity index is 1.65. The molecular formula is C21H22N4O. The van der Waals surface area contributed by atoms with Crippen molar-refractivity contribution in [3.8, 4) is 0 Å². The second-order valence-corrected chi connectivity index (χ2v) is 6.15. The molecule has 2 N–H and O–H groups in total. The van der Waals surface area contributed by atoms with Crippen molar-refractivity contribution in [2.75, 3.05) is 5.32 Å². The summed E-state index contributed by atoms with van der Waals surface area (Å²) in [5, 5.41) is 6.15. The van der Waals surface area contributed by atoms with Gasteiger partial charge in [-0.2, -0.15) is 0 Å². The zero-order valence-electron chi connectivity index (χ0n) is 14.9. The monoisotopic (exact) mass is 346 g/mol. The Morgan fingerprint density at radius 1 is 1.04 bits per heavy atom. The van der Waals surface area contributed by atoms with Gasteiger partial charge in [-0.1, -0.05) is 54.6 Å². The van der Waals surface area contributed by atoms with Gasteiger partial charge in [0.25, 0.3) is 5.91 Å². The zero-order chi connectivity index (χ0) is 18.4. The van der Waals surface area contributed by atoms with Crippen LogP contribution in [0.25, 0.3) is 0 Å². The number of nitrogens with one attached hydrogen (secondary N) is 2. The normalized spacial score (nSPS) is 11.6. The smallest absolute Gasteiger partial charge is 0.270 e. The molecule has 0 aliphatic heterocycles. The molecular weight excluding hydrogens is 324 g/mol. The Bertz CT molecular complexity index is 880. The molecule has 1 aromatic heterocycles. The van der Waals surface area contributed by atoms with Gasteiger partial charge in [0.1, 0.15) is 5.69 Å².